The molecule has 2 saturated heterocycles. The number of rotatable bonds is 4. The number of pyridine rings is 1. The molecule has 1 aromatic carbocycles. The van der Waals surface area contributed by atoms with Gasteiger partial charge in [-0.15, -0.1) is 0 Å². The molecule has 2 aliphatic heterocycles. The summed E-state index contributed by atoms with van der Waals surface area (Å²) < 4.78 is 16.2. The Hall–Kier alpha value is -3.57. The van der Waals surface area contributed by atoms with Gasteiger partial charge in [-0.05, 0) is 69.3 Å². The van der Waals surface area contributed by atoms with Crippen molar-refractivity contribution in [2.24, 2.45) is 11.8 Å². The van der Waals surface area contributed by atoms with Crippen LogP contribution in [0, 0.1) is 31.1 Å². The number of hydrogen-bond acceptors (Lipinski definition) is 5. The van der Waals surface area contributed by atoms with Gasteiger partial charge in [0.05, 0.1) is 24.0 Å². The van der Waals surface area contributed by atoms with Crippen LogP contribution in [-0.4, -0.2) is 40.7 Å². The third-order valence-corrected chi connectivity index (χ3v) is 7.64. The fraction of sp³-hybridized carbons (Fsp3) is 0.407. The number of aromatic nitrogens is 3. The summed E-state index contributed by atoms with van der Waals surface area (Å²) >= 11 is 0. The quantitative estimate of drug-likeness (QED) is 0.579. The summed E-state index contributed by atoms with van der Waals surface area (Å²) in [5, 5.41) is 3.48. The number of fused-ring (bicyclic) bond motifs is 1. The minimum atomic E-state index is -0.625. The van der Waals surface area contributed by atoms with E-state index in [1.807, 2.05) is 19.1 Å². The van der Waals surface area contributed by atoms with Crippen molar-refractivity contribution in [2.45, 2.75) is 32.1 Å². The summed E-state index contributed by atoms with van der Waals surface area (Å²) in [7, 11) is 0. The van der Waals surface area contributed by atoms with Crippen LogP contribution in [0.25, 0.3) is 21.9 Å². The van der Waals surface area contributed by atoms with E-state index in [0.717, 1.165) is 51.1 Å². The lowest BCUT2D eigenvalue weighted by atomic mass is 9.88. The van der Waals surface area contributed by atoms with Gasteiger partial charge in [0.1, 0.15) is 17.5 Å². The van der Waals surface area contributed by atoms with Gasteiger partial charge >= 0.3 is 0 Å². The average molecular weight is 471 g/mol. The van der Waals surface area contributed by atoms with Gasteiger partial charge in [-0.1, -0.05) is 12.1 Å². The lowest BCUT2D eigenvalue weighted by Gasteiger charge is -2.36. The van der Waals surface area contributed by atoms with Crippen molar-refractivity contribution in [2.75, 3.05) is 31.1 Å². The average Bonchev–Trinajstić information content (AvgIpc) is 3.62. The van der Waals surface area contributed by atoms with Crippen LogP contribution in [0.3, 0.4) is 0 Å². The molecule has 0 amide bonds. The molecule has 0 spiro atoms. The van der Waals surface area contributed by atoms with Crippen molar-refractivity contribution >= 4 is 11.5 Å². The molecule has 7 nitrogen and oxygen atoms in total. The van der Waals surface area contributed by atoms with E-state index < -0.39 is 5.82 Å². The van der Waals surface area contributed by atoms with Crippen LogP contribution in [0.15, 0.2) is 41.3 Å². The van der Waals surface area contributed by atoms with E-state index in [1.165, 1.54) is 16.7 Å². The third-order valence-electron chi connectivity index (χ3n) is 7.64. The number of piperidine rings is 1. The minimum absolute atomic E-state index is 0.0544. The second-order valence-corrected chi connectivity index (χ2v) is 9.93. The predicted molar refractivity (Wildman–Crippen MR) is 133 cm³/mol. The minimum Gasteiger partial charge on any atom is -0.356 e. The molecule has 2 aromatic heterocycles. The Labute approximate surface area is 203 Å². The van der Waals surface area contributed by atoms with Gasteiger partial charge in [0.2, 0.25) is 5.69 Å². The lowest BCUT2D eigenvalue weighted by Crippen LogP contribution is -2.42. The molecule has 8 heteroatoms. The van der Waals surface area contributed by atoms with E-state index in [4.69, 9.17) is 11.6 Å². The van der Waals surface area contributed by atoms with E-state index >= 15 is 0 Å². The first kappa shape index (κ1) is 21.9. The first-order valence-electron chi connectivity index (χ1n) is 12.3. The van der Waals surface area contributed by atoms with Gasteiger partial charge in [-0.2, -0.15) is 0 Å². The summed E-state index contributed by atoms with van der Waals surface area (Å²) in [6, 6.07) is 8.26. The van der Waals surface area contributed by atoms with Crippen LogP contribution in [0.2, 0.25) is 0 Å². The van der Waals surface area contributed by atoms with Gasteiger partial charge in [0, 0.05) is 30.3 Å². The maximum absolute atomic E-state index is 14.6. The Morgan fingerprint density at radius 2 is 1.97 bits per heavy atom. The van der Waals surface area contributed by atoms with Gasteiger partial charge in [0.15, 0.2) is 0 Å². The molecule has 1 saturated carbocycles. The highest BCUT2D eigenvalue weighted by Gasteiger charge is 2.34. The largest absolute Gasteiger partial charge is 0.356 e. The summed E-state index contributed by atoms with van der Waals surface area (Å²) in [5.41, 5.74) is 2.42. The Morgan fingerprint density at radius 1 is 1.14 bits per heavy atom. The molecule has 3 aliphatic rings. The normalized spacial score (nSPS) is 21.6. The molecule has 0 radical (unpaired) electrons. The summed E-state index contributed by atoms with van der Waals surface area (Å²) in [6.07, 6.45) is 5.05. The van der Waals surface area contributed by atoms with E-state index in [0.29, 0.717) is 46.2 Å². The zero-order chi connectivity index (χ0) is 24.1. The zero-order valence-electron chi connectivity index (χ0n) is 19.7. The fourth-order valence-corrected chi connectivity index (χ4v) is 5.45. The Balaban J connectivity index is 1.49. The first-order chi connectivity index (χ1) is 17.0. The second kappa shape index (κ2) is 8.58. The Kier molecular flexibility index (Phi) is 5.37. The molecule has 35 heavy (non-hydrogen) atoms. The third kappa shape index (κ3) is 3.90. The second-order valence-electron chi connectivity index (χ2n) is 9.93. The van der Waals surface area contributed by atoms with Crippen LogP contribution >= 0.6 is 0 Å². The monoisotopic (exact) mass is 470 g/mol. The molecular formula is C27H27FN6O. The Bertz CT molecular complexity index is 1390. The summed E-state index contributed by atoms with van der Waals surface area (Å²) in [4.78, 5) is 28.8. The molecule has 2 unspecified atom stereocenters. The SMILES string of the molecule is [C-]#[N+]c1ccc(-c2nc(N3CCC4CNCC4C3)c(C)c(=O)n2-c2ccc(C3CC3)nc2)cc1F. The first-order valence-corrected chi connectivity index (χ1v) is 12.3. The number of benzene rings is 1. The van der Waals surface area contributed by atoms with E-state index in [-0.39, 0.29) is 11.2 Å². The van der Waals surface area contributed by atoms with Crippen molar-refractivity contribution in [1.82, 2.24) is 19.9 Å². The molecule has 4 heterocycles. The maximum atomic E-state index is 14.6. The van der Waals surface area contributed by atoms with Crippen molar-refractivity contribution < 1.29 is 4.39 Å². The standard InChI is InChI=1S/C27H27FN6O/c1-16-25(33-10-9-19-12-30-13-20(19)15-33)32-26(18-5-7-24(29-2)22(28)11-18)34(27(16)35)21-6-8-23(31-14-21)17-3-4-17/h5-8,11,14,17,19-20,30H,3-4,9-10,12-13,15H2,1H3. The highest BCUT2D eigenvalue weighted by Crippen LogP contribution is 2.39. The van der Waals surface area contributed by atoms with Crippen molar-refractivity contribution in [3.05, 3.63) is 75.4 Å². The molecule has 178 valence electrons. The fourth-order valence-electron chi connectivity index (χ4n) is 5.45. The van der Waals surface area contributed by atoms with Gasteiger partial charge in [0.25, 0.3) is 5.56 Å². The molecule has 3 fully saturated rings. The number of anilines is 1. The summed E-state index contributed by atoms with van der Waals surface area (Å²) in [5.74, 6) is 2.09. The lowest BCUT2D eigenvalue weighted by molar-refractivity contribution is 0.347. The number of nitrogens with one attached hydrogen (secondary N) is 1. The van der Waals surface area contributed by atoms with Crippen molar-refractivity contribution in [3.63, 3.8) is 0 Å². The molecule has 1 aliphatic carbocycles. The van der Waals surface area contributed by atoms with E-state index in [9.17, 15) is 9.18 Å². The molecule has 0 bridgehead atoms. The Morgan fingerprint density at radius 3 is 2.69 bits per heavy atom. The number of hydrogen-bond donors (Lipinski definition) is 1. The van der Waals surface area contributed by atoms with Crippen LogP contribution < -0.4 is 15.8 Å². The maximum Gasteiger partial charge on any atom is 0.263 e. The van der Waals surface area contributed by atoms with Crippen molar-refractivity contribution in [1.29, 1.82) is 0 Å². The molecule has 2 atom stereocenters. The zero-order valence-corrected chi connectivity index (χ0v) is 19.7. The molecule has 3 aromatic rings. The topological polar surface area (TPSA) is 67.4 Å². The predicted octanol–water partition coefficient (Wildman–Crippen LogP) is 4.22. The van der Waals surface area contributed by atoms with E-state index in [1.54, 1.807) is 12.3 Å². The van der Waals surface area contributed by atoms with Crippen LogP contribution in [-0.2, 0) is 0 Å². The van der Waals surface area contributed by atoms with Crippen LogP contribution in [0.5, 0.6) is 0 Å². The smallest absolute Gasteiger partial charge is 0.263 e. The molecular weight excluding hydrogens is 443 g/mol. The van der Waals surface area contributed by atoms with Crippen LogP contribution in [0.4, 0.5) is 15.9 Å². The van der Waals surface area contributed by atoms with Gasteiger partial charge in [-0.3, -0.25) is 14.3 Å². The van der Waals surface area contributed by atoms with Gasteiger partial charge in [-0.25, -0.2) is 14.2 Å². The van der Waals surface area contributed by atoms with E-state index in [2.05, 4.69) is 20.0 Å². The van der Waals surface area contributed by atoms with Crippen LogP contribution in [0.1, 0.15) is 36.4 Å². The number of nitrogens with zero attached hydrogens (tertiary/aromatic N) is 5. The van der Waals surface area contributed by atoms with Crippen molar-refractivity contribution in [3.8, 4) is 17.1 Å². The molecule has 1 N–H and O–H groups in total. The van der Waals surface area contributed by atoms with Gasteiger partial charge < -0.3 is 10.2 Å². The molecule has 6 rings (SSSR count). The highest BCUT2D eigenvalue weighted by atomic mass is 19.1. The highest BCUT2D eigenvalue weighted by molar-refractivity contribution is 5.65. The summed E-state index contributed by atoms with van der Waals surface area (Å²) in [6.45, 7) is 12.7. The number of halogens is 1.